The molecule has 1 fully saturated rings. The van der Waals surface area contributed by atoms with Gasteiger partial charge in [0.25, 0.3) is 0 Å². The molecule has 2 atom stereocenters. The van der Waals surface area contributed by atoms with E-state index in [1.54, 1.807) is 12.1 Å². The Kier molecular flexibility index (Phi) is 2.69. The largest absolute Gasteiger partial charge is 0.306 e. The van der Waals surface area contributed by atoms with Crippen molar-refractivity contribution in [3.8, 4) is 0 Å². The Morgan fingerprint density at radius 2 is 2.00 bits per heavy atom. The predicted molar refractivity (Wildman–Crippen MR) is 71.4 cm³/mol. The molecule has 0 saturated heterocycles. The van der Waals surface area contributed by atoms with Crippen molar-refractivity contribution in [3.05, 3.63) is 35.6 Å². The van der Waals surface area contributed by atoms with Gasteiger partial charge >= 0.3 is 0 Å². The number of hydrogen-bond acceptors (Lipinski definition) is 3. The topological polar surface area (TPSA) is 41.5 Å². The van der Waals surface area contributed by atoms with E-state index in [0.717, 1.165) is 17.7 Å². The molecule has 0 radical (unpaired) electrons. The van der Waals surface area contributed by atoms with Crippen molar-refractivity contribution in [2.75, 3.05) is 0 Å². The molecule has 1 aromatic carbocycles. The number of Topliss-reactive ketones (excluding diaryl/α,β-unsaturated/α-hetero) is 1. The van der Waals surface area contributed by atoms with Crippen LogP contribution in [0.15, 0.2) is 29.4 Å². The number of benzene rings is 1. The van der Waals surface area contributed by atoms with Crippen molar-refractivity contribution < 1.29 is 9.18 Å². The molecule has 3 rings (SSSR count). The Balaban J connectivity index is 1.90. The molecule has 3 nitrogen and oxygen atoms in total. The lowest BCUT2D eigenvalue weighted by Crippen LogP contribution is -2.45. The van der Waals surface area contributed by atoms with Gasteiger partial charge in [-0.3, -0.25) is 4.79 Å². The fraction of sp³-hybridized carbons (Fsp3) is 0.467. The molecule has 1 N–H and O–H groups in total. The van der Waals surface area contributed by atoms with Crippen LogP contribution in [-0.2, 0) is 4.79 Å². The number of rotatable bonds is 1. The third-order valence-electron chi connectivity index (χ3n) is 3.96. The van der Waals surface area contributed by atoms with E-state index in [2.05, 4.69) is 24.4 Å². The SMILES string of the molecule is CC1(C)CC(=O)[C@@H]2C(c3ccc(F)cc3)=NN[C@H]2C1. The van der Waals surface area contributed by atoms with Crippen molar-refractivity contribution in [2.24, 2.45) is 16.4 Å². The van der Waals surface area contributed by atoms with E-state index in [0.29, 0.717) is 6.42 Å². The van der Waals surface area contributed by atoms with Gasteiger partial charge in [-0.05, 0) is 29.5 Å². The molecule has 4 heteroatoms. The van der Waals surface area contributed by atoms with Crippen molar-refractivity contribution >= 4 is 11.5 Å². The minimum Gasteiger partial charge on any atom is -0.306 e. The van der Waals surface area contributed by atoms with Crippen molar-refractivity contribution in [1.82, 2.24) is 5.43 Å². The van der Waals surface area contributed by atoms with Crippen LogP contribution in [0.5, 0.6) is 0 Å². The van der Waals surface area contributed by atoms with E-state index < -0.39 is 0 Å². The lowest BCUT2D eigenvalue weighted by molar-refractivity contribution is -0.126. The fourth-order valence-electron chi connectivity index (χ4n) is 3.14. The molecular weight excluding hydrogens is 243 g/mol. The number of nitrogens with one attached hydrogen (secondary N) is 1. The first kappa shape index (κ1) is 12.3. The van der Waals surface area contributed by atoms with E-state index in [9.17, 15) is 9.18 Å². The maximum absolute atomic E-state index is 13.0. The minimum atomic E-state index is -0.275. The molecule has 0 spiro atoms. The average molecular weight is 260 g/mol. The molecule has 19 heavy (non-hydrogen) atoms. The quantitative estimate of drug-likeness (QED) is 0.843. The second-order valence-electron chi connectivity index (χ2n) is 6.23. The van der Waals surface area contributed by atoms with Crippen LogP contribution in [0.25, 0.3) is 0 Å². The number of halogens is 1. The molecular formula is C15H17FN2O. The number of fused-ring (bicyclic) bond motifs is 1. The van der Waals surface area contributed by atoms with E-state index >= 15 is 0 Å². The van der Waals surface area contributed by atoms with Gasteiger partial charge in [0, 0.05) is 6.42 Å². The standard InChI is InChI=1S/C15H17FN2O/c1-15(2)7-11-13(12(19)8-15)14(18-17-11)9-3-5-10(16)6-4-9/h3-6,11,13,17H,7-8H2,1-2H3/t11-,13+/m0/s1. The first-order valence-corrected chi connectivity index (χ1v) is 6.58. The molecule has 1 aliphatic carbocycles. The lowest BCUT2D eigenvalue weighted by Gasteiger charge is -2.36. The third-order valence-corrected chi connectivity index (χ3v) is 3.96. The normalized spacial score (nSPS) is 28.6. The number of hydrogen-bond donors (Lipinski definition) is 1. The highest BCUT2D eigenvalue weighted by Gasteiger charge is 2.46. The van der Waals surface area contributed by atoms with Crippen molar-refractivity contribution in [2.45, 2.75) is 32.7 Å². The summed E-state index contributed by atoms with van der Waals surface area (Å²) in [6.07, 6.45) is 1.51. The monoisotopic (exact) mass is 260 g/mol. The molecule has 1 saturated carbocycles. The van der Waals surface area contributed by atoms with Gasteiger partial charge in [-0.2, -0.15) is 5.10 Å². The molecule has 1 heterocycles. The summed E-state index contributed by atoms with van der Waals surface area (Å²) >= 11 is 0. The lowest BCUT2D eigenvalue weighted by atomic mass is 9.68. The Morgan fingerprint density at radius 1 is 1.32 bits per heavy atom. The van der Waals surface area contributed by atoms with Crippen molar-refractivity contribution in [1.29, 1.82) is 0 Å². The number of carbonyl (C=O) groups is 1. The second kappa shape index (κ2) is 4.15. The Bertz CT molecular complexity index is 548. The van der Waals surface area contributed by atoms with Crippen LogP contribution in [0.4, 0.5) is 4.39 Å². The van der Waals surface area contributed by atoms with E-state index in [4.69, 9.17) is 0 Å². The van der Waals surface area contributed by atoms with Gasteiger partial charge < -0.3 is 5.43 Å². The van der Waals surface area contributed by atoms with Crippen LogP contribution in [0.1, 0.15) is 32.3 Å². The van der Waals surface area contributed by atoms with Gasteiger partial charge in [-0.25, -0.2) is 4.39 Å². The summed E-state index contributed by atoms with van der Waals surface area (Å²) in [6, 6.07) is 6.26. The van der Waals surface area contributed by atoms with Crippen LogP contribution in [-0.4, -0.2) is 17.5 Å². The summed E-state index contributed by atoms with van der Waals surface area (Å²) in [5.41, 5.74) is 4.69. The fourth-order valence-corrected chi connectivity index (χ4v) is 3.14. The first-order valence-electron chi connectivity index (χ1n) is 6.58. The van der Waals surface area contributed by atoms with Gasteiger partial charge in [-0.15, -0.1) is 0 Å². The molecule has 2 aliphatic rings. The highest BCUT2D eigenvalue weighted by atomic mass is 19.1. The summed E-state index contributed by atoms with van der Waals surface area (Å²) in [5, 5.41) is 4.32. The van der Waals surface area contributed by atoms with Gasteiger partial charge in [0.1, 0.15) is 11.6 Å². The summed E-state index contributed by atoms with van der Waals surface area (Å²) in [6.45, 7) is 4.22. The zero-order valence-electron chi connectivity index (χ0n) is 11.1. The average Bonchev–Trinajstić information content (AvgIpc) is 2.72. The molecule has 100 valence electrons. The summed E-state index contributed by atoms with van der Waals surface area (Å²) in [7, 11) is 0. The summed E-state index contributed by atoms with van der Waals surface area (Å²) in [5.74, 6) is -0.226. The van der Waals surface area contributed by atoms with Crippen LogP contribution in [0, 0.1) is 17.2 Å². The van der Waals surface area contributed by atoms with Crippen LogP contribution in [0.3, 0.4) is 0 Å². The van der Waals surface area contributed by atoms with Gasteiger partial charge in [0.05, 0.1) is 17.7 Å². The molecule has 0 unspecified atom stereocenters. The number of hydrazone groups is 1. The zero-order valence-corrected chi connectivity index (χ0v) is 11.1. The van der Waals surface area contributed by atoms with Gasteiger partial charge in [0.2, 0.25) is 0 Å². The Labute approximate surface area is 111 Å². The van der Waals surface area contributed by atoms with E-state index in [1.807, 2.05) is 0 Å². The smallest absolute Gasteiger partial charge is 0.144 e. The Hall–Kier alpha value is -1.71. The summed E-state index contributed by atoms with van der Waals surface area (Å²) in [4.78, 5) is 12.3. The van der Waals surface area contributed by atoms with Gasteiger partial charge in [-0.1, -0.05) is 26.0 Å². The number of nitrogens with zero attached hydrogens (tertiary/aromatic N) is 1. The number of ketones is 1. The predicted octanol–water partition coefficient (Wildman–Crippen LogP) is 2.51. The zero-order chi connectivity index (χ0) is 13.6. The Morgan fingerprint density at radius 3 is 2.68 bits per heavy atom. The third kappa shape index (κ3) is 2.15. The van der Waals surface area contributed by atoms with Gasteiger partial charge in [0.15, 0.2) is 0 Å². The summed E-state index contributed by atoms with van der Waals surface area (Å²) < 4.78 is 13.0. The highest BCUT2D eigenvalue weighted by Crippen LogP contribution is 2.39. The molecule has 0 bridgehead atoms. The molecule has 0 aromatic heterocycles. The van der Waals surface area contributed by atoms with E-state index in [-0.39, 0.29) is 29.0 Å². The maximum atomic E-state index is 13.0. The minimum absolute atomic E-state index is 0.0268. The van der Waals surface area contributed by atoms with Crippen molar-refractivity contribution in [3.63, 3.8) is 0 Å². The van der Waals surface area contributed by atoms with Crippen LogP contribution < -0.4 is 5.43 Å². The van der Waals surface area contributed by atoms with Crippen LogP contribution in [0.2, 0.25) is 0 Å². The second-order valence-corrected chi connectivity index (χ2v) is 6.23. The molecule has 0 amide bonds. The van der Waals surface area contributed by atoms with E-state index in [1.165, 1.54) is 12.1 Å². The first-order chi connectivity index (χ1) is 8.96. The van der Waals surface area contributed by atoms with Crippen LogP contribution >= 0.6 is 0 Å². The highest BCUT2D eigenvalue weighted by molar-refractivity contribution is 6.15. The number of carbonyl (C=O) groups excluding carboxylic acids is 1. The molecule has 1 aromatic rings. The molecule has 1 aliphatic heterocycles. The maximum Gasteiger partial charge on any atom is 0.144 e.